The van der Waals surface area contributed by atoms with Crippen LogP contribution < -0.4 is 9.64 Å². The molecule has 1 aromatic carbocycles. The first-order chi connectivity index (χ1) is 10.9. The van der Waals surface area contributed by atoms with Crippen LogP contribution in [-0.2, 0) is 9.59 Å². The van der Waals surface area contributed by atoms with Crippen LogP contribution in [0.4, 0.5) is 5.69 Å². The number of benzene rings is 1. The zero-order valence-electron chi connectivity index (χ0n) is 13.7. The van der Waals surface area contributed by atoms with Crippen LogP contribution in [0, 0.1) is 17.2 Å². The molecule has 2 atom stereocenters. The Kier molecular flexibility index (Phi) is 5.22. The standard InChI is InChI=1S/C17H21N3O3/c1-12(10-18)11-19(3)16(21)8-9-20-14-6-4-5-7-15(14)23-13(2)17(20)22/h4-7,12-13H,8-9,11H2,1-3H3. The van der Waals surface area contributed by atoms with Crippen LogP contribution >= 0.6 is 0 Å². The van der Waals surface area contributed by atoms with Crippen molar-refractivity contribution in [3.63, 3.8) is 0 Å². The van der Waals surface area contributed by atoms with Gasteiger partial charge in [0, 0.05) is 26.6 Å². The molecule has 23 heavy (non-hydrogen) atoms. The Balaban J connectivity index is 2.04. The average Bonchev–Trinajstić information content (AvgIpc) is 2.54. The topological polar surface area (TPSA) is 73.6 Å². The molecule has 0 aliphatic carbocycles. The zero-order chi connectivity index (χ0) is 17.0. The van der Waals surface area contributed by atoms with Gasteiger partial charge in [0.25, 0.3) is 5.91 Å². The second-order valence-electron chi connectivity index (χ2n) is 5.77. The summed E-state index contributed by atoms with van der Waals surface area (Å²) in [6.45, 7) is 4.16. The van der Waals surface area contributed by atoms with Crippen LogP contribution in [0.15, 0.2) is 24.3 Å². The highest BCUT2D eigenvalue weighted by Gasteiger charge is 2.31. The second-order valence-corrected chi connectivity index (χ2v) is 5.77. The Bertz CT molecular complexity index is 638. The molecule has 1 aromatic rings. The van der Waals surface area contributed by atoms with Crippen molar-refractivity contribution in [1.82, 2.24) is 4.90 Å². The van der Waals surface area contributed by atoms with E-state index in [0.29, 0.717) is 24.5 Å². The van der Waals surface area contributed by atoms with Crippen LogP contribution in [0.2, 0.25) is 0 Å². The van der Waals surface area contributed by atoms with Crippen molar-refractivity contribution in [2.45, 2.75) is 26.4 Å². The van der Waals surface area contributed by atoms with Gasteiger partial charge in [-0.05, 0) is 26.0 Å². The number of rotatable bonds is 5. The third kappa shape index (κ3) is 3.81. The van der Waals surface area contributed by atoms with Crippen molar-refractivity contribution >= 4 is 17.5 Å². The summed E-state index contributed by atoms with van der Waals surface area (Å²) in [6.07, 6.45) is -0.349. The molecular formula is C17H21N3O3. The molecule has 0 N–H and O–H groups in total. The van der Waals surface area contributed by atoms with Gasteiger partial charge in [0.15, 0.2) is 6.10 Å². The van der Waals surface area contributed by atoms with Gasteiger partial charge in [0.1, 0.15) is 5.75 Å². The molecule has 0 saturated carbocycles. The summed E-state index contributed by atoms with van der Waals surface area (Å²) < 4.78 is 5.57. The van der Waals surface area contributed by atoms with Gasteiger partial charge in [-0.3, -0.25) is 9.59 Å². The number of carbonyl (C=O) groups is 2. The summed E-state index contributed by atoms with van der Waals surface area (Å²) in [5.41, 5.74) is 0.691. The Morgan fingerprint density at radius 3 is 2.87 bits per heavy atom. The molecule has 1 aliphatic rings. The molecule has 0 saturated heterocycles. The highest BCUT2D eigenvalue weighted by molar-refractivity contribution is 6.00. The van der Waals surface area contributed by atoms with E-state index in [2.05, 4.69) is 6.07 Å². The maximum Gasteiger partial charge on any atom is 0.267 e. The molecule has 6 heteroatoms. The summed E-state index contributed by atoms with van der Waals surface area (Å²) in [4.78, 5) is 27.6. The lowest BCUT2D eigenvalue weighted by molar-refractivity contribution is -0.130. The first-order valence-electron chi connectivity index (χ1n) is 7.64. The number of nitriles is 1. The fraction of sp³-hybridized carbons (Fsp3) is 0.471. The van der Waals surface area contributed by atoms with Crippen molar-refractivity contribution in [2.24, 2.45) is 5.92 Å². The van der Waals surface area contributed by atoms with Crippen LogP contribution in [0.3, 0.4) is 0 Å². The molecule has 1 aliphatic heterocycles. The van der Waals surface area contributed by atoms with Crippen molar-refractivity contribution in [1.29, 1.82) is 5.26 Å². The number of fused-ring (bicyclic) bond motifs is 1. The van der Waals surface area contributed by atoms with E-state index in [1.165, 1.54) is 4.90 Å². The average molecular weight is 315 g/mol. The number of amides is 2. The van der Waals surface area contributed by atoms with E-state index >= 15 is 0 Å². The van der Waals surface area contributed by atoms with Crippen LogP contribution in [0.25, 0.3) is 0 Å². The molecule has 0 radical (unpaired) electrons. The molecule has 0 spiro atoms. The van der Waals surface area contributed by atoms with E-state index in [1.54, 1.807) is 25.8 Å². The highest BCUT2D eigenvalue weighted by atomic mass is 16.5. The molecule has 2 unspecified atom stereocenters. The highest BCUT2D eigenvalue weighted by Crippen LogP contribution is 2.33. The maximum absolute atomic E-state index is 12.3. The molecule has 6 nitrogen and oxygen atoms in total. The largest absolute Gasteiger partial charge is 0.479 e. The Labute approximate surface area is 136 Å². The Morgan fingerprint density at radius 2 is 2.17 bits per heavy atom. The molecule has 0 aromatic heterocycles. The monoisotopic (exact) mass is 315 g/mol. The number of hydrogen-bond acceptors (Lipinski definition) is 4. The molecule has 0 bridgehead atoms. The van der Waals surface area contributed by atoms with Gasteiger partial charge in [-0.2, -0.15) is 5.26 Å². The van der Waals surface area contributed by atoms with Gasteiger partial charge < -0.3 is 14.5 Å². The quantitative estimate of drug-likeness (QED) is 0.830. The minimum atomic E-state index is -0.559. The molecular weight excluding hydrogens is 294 g/mol. The predicted molar refractivity (Wildman–Crippen MR) is 85.9 cm³/mol. The van der Waals surface area contributed by atoms with E-state index in [-0.39, 0.29) is 24.2 Å². The summed E-state index contributed by atoms with van der Waals surface area (Å²) in [6, 6.07) is 9.41. The van der Waals surface area contributed by atoms with E-state index < -0.39 is 6.10 Å². The number of carbonyl (C=O) groups excluding carboxylic acids is 2. The lowest BCUT2D eigenvalue weighted by atomic mass is 10.1. The Morgan fingerprint density at radius 1 is 1.48 bits per heavy atom. The molecule has 2 amide bonds. The lowest BCUT2D eigenvalue weighted by Crippen LogP contribution is -2.46. The first kappa shape index (κ1) is 16.8. The summed E-state index contributed by atoms with van der Waals surface area (Å²) in [7, 11) is 1.67. The van der Waals surface area contributed by atoms with Gasteiger partial charge in [-0.15, -0.1) is 0 Å². The van der Waals surface area contributed by atoms with Gasteiger partial charge in [0.2, 0.25) is 5.91 Å². The van der Waals surface area contributed by atoms with Crippen LogP contribution in [-0.4, -0.2) is 43.0 Å². The van der Waals surface area contributed by atoms with Gasteiger partial charge >= 0.3 is 0 Å². The molecule has 1 heterocycles. The number of nitrogens with zero attached hydrogens (tertiary/aromatic N) is 3. The van der Waals surface area contributed by atoms with E-state index in [4.69, 9.17) is 10.00 Å². The zero-order valence-corrected chi connectivity index (χ0v) is 13.7. The number of anilines is 1. The minimum absolute atomic E-state index is 0.0865. The summed E-state index contributed by atoms with van der Waals surface area (Å²) >= 11 is 0. The smallest absolute Gasteiger partial charge is 0.267 e. The van der Waals surface area contributed by atoms with Gasteiger partial charge in [-0.1, -0.05) is 12.1 Å². The second kappa shape index (κ2) is 7.14. The molecule has 122 valence electrons. The van der Waals surface area contributed by atoms with Crippen molar-refractivity contribution in [3.8, 4) is 11.8 Å². The summed E-state index contributed by atoms with van der Waals surface area (Å²) in [5, 5.41) is 8.82. The maximum atomic E-state index is 12.3. The fourth-order valence-electron chi connectivity index (χ4n) is 2.54. The minimum Gasteiger partial charge on any atom is -0.479 e. The number of hydrogen-bond donors (Lipinski definition) is 0. The Hall–Kier alpha value is -2.55. The normalized spacial score (nSPS) is 17.7. The number of para-hydroxylation sites is 2. The van der Waals surface area contributed by atoms with E-state index in [9.17, 15) is 9.59 Å². The van der Waals surface area contributed by atoms with Gasteiger partial charge in [-0.25, -0.2) is 0 Å². The molecule has 0 fully saturated rings. The van der Waals surface area contributed by atoms with Crippen molar-refractivity contribution in [2.75, 3.05) is 25.0 Å². The molecule has 2 rings (SSSR count). The van der Waals surface area contributed by atoms with Crippen molar-refractivity contribution < 1.29 is 14.3 Å². The van der Waals surface area contributed by atoms with Crippen LogP contribution in [0.1, 0.15) is 20.3 Å². The SMILES string of the molecule is CC(C#N)CN(C)C(=O)CCN1C(=O)C(C)Oc2ccccc21. The van der Waals surface area contributed by atoms with E-state index in [1.807, 2.05) is 24.3 Å². The third-order valence-electron chi connectivity index (χ3n) is 3.82. The van der Waals surface area contributed by atoms with Crippen molar-refractivity contribution in [3.05, 3.63) is 24.3 Å². The van der Waals surface area contributed by atoms with E-state index in [0.717, 1.165) is 0 Å². The number of ether oxygens (including phenoxy) is 1. The van der Waals surface area contributed by atoms with Crippen LogP contribution in [0.5, 0.6) is 5.75 Å². The fourth-order valence-corrected chi connectivity index (χ4v) is 2.54. The first-order valence-corrected chi connectivity index (χ1v) is 7.64. The summed E-state index contributed by atoms with van der Waals surface area (Å²) in [5.74, 6) is 0.203. The van der Waals surface area contributed by atoms with Gasteiger partial charge in [0.05, 0.1) is 17.7 Å². The third-order valence-corrected chi connectivity index (χ3v) is 3.82. The lowest BCUT2D eigenvalue weighted by Gasteiger charge is -2.33. The predicted octanol–water partition coefficient (Wildman–Crippen LogP) is 1.81.